The largest absolute Gasteiger partial charge is 0.399 e. The van der Waals surface area contributed by atoms with Crippen LogP contribution in [-0.4, -0.2) is 11.1 Å². The average molecular weight is 483 g/mol. The third kappa shape index (κ3) is 5.40. The Kier molecular flexibility index (Phi) is 7.54. The predicted octanol–water partition coefficient (Wildman–Crippen LogP) is 6.50. The summed E-state index contributed by atoms with van der Waals surface area (Å²) in [6.07, 6.45) is 12.6. The van der Waals surface area contributed by atoms with E-state index in [1.165, 1.54) is 44.5 Å². The molecule has 0 radical (unpaired) electrons. The van der Waals surface area contributed by atoms with Gasteiger partial charge in [0.2, 0.25) is 0 Å². The summed E-state index contributed by atoms with van der Waals surface area (Å²) in [7, 11) is 0. The van der Waals surface area contributed by atoms with Crippen molar-refractivity contribution in [3.8, 4) is 11.1 Å². The molecule has 0 aromatic heterocycles. The molecule has 2 aromatic carbocycles. The minimum atomic E-state index is -0.330. The van der Waals surface area contributed by atoms with Crippen molar-refractivity contribution in [3.05, 3.63) is 105 Å². The van der Waals surface area contributed by atoms with Crippen molar-refractivity contribution in [2.24, 2.45) is 11.5 Å². The van der Waals surface area contributed by atoms with Crippen LogP contribution < -0.4 is 22.9 Å². The average Bonchev–Trinajstić information content (AvgIpc) is 2.81. The Morgan fingerprint density at radius 2 is 0.861 bits per heavy atom. The molecule has 4 heteroatoms. The minimum absolute atomic E-state index is 0.330. The van der Waals surface area contributed by atoms with Gasteiger partial charge in [0, 0.05) is 11.4 Å². The fourth-order valence-electron chi connectivity index (χ4n) is 4.29. The van der Waals surface area contributed by atoms with Gasteiger partial charge in [-0.05, 0) is 123 Å². The van der Waals surface area contributed by atoms with E-state index in [1.54, 1.807) is 0 Å². The van der Waals surface area contributed by atoms with Crippen LogP contribution in [-0.2, 0) is 0 Å². The van der Waals surface area contributed by atoms with Crippen molar-refractivity contribution in [3.63, 3.8) is 0 Å². The number of anilines is 2. The fraction of sp³-hybridized carbons (Fsp3) is 0.312. The number of hydrogen-bond donors (Lipinski definition) is 4. The van der Waals surface area contributed by atoms with Crippen LogP contribution in [0.5, 0.6) is 0 Å². The van der Waals surface area contributed by atoms with E-state index in [-0.39, 0.29) is 11.1 Å². The lowest BCUT2D eigenvalue weighted by Crippen LogP contribution is -2.37. The Balaban J connectivity index is 0.000000201. The molecule has 2 aliphatic rings. The van der Waals surface area contributed by atoms with Gasteiger partial charge in [-0.1, -0.05) is 48.6 Å². The molecular weight excluding hydrogens is 440 g/mol. The van der Waals surface area contributed by atoms with E-state index >= 15 is 0 Å². The van der Waals surface area contributed by atoms with E-state index in [2.05, 4.69) is 90.1 Å². The van der Waals surface area contributed by atoms with E-state index in [9.17, 15) is 0 Å². The first-order chi connectivity index (χ1) is 16.7. The molecule has 0 bridgehead atoms. The standard InChI is InChI=1S/C16H22N2.C16H20N2/c1-11-9-13(5-7-15(11,3)17)14-6-8-16(4,18)12(2)10-14;1-9-11(3)15(17)7-5-13(9)14-6-8-16(18)12(4)10(14)2/h5-10H,17-18H2,1-4H3;5-8H,17-18H2,1-4H3. The van der Waals surface area contributed by atoms with Crippen LogP contribution in [0.2, 0.25) is 0 Å². The highest BCUT2D eigenvalue weighted by Crippen LogP contribution is 2.34. The molecule has 4 rings (SSSR count). The summed E-state index contributed by atoms with van der Waals surface area (Å²) in [5.74, 6) is 0. The van der Waals surface area contributed by atoms with Crippen molar-refractivity contribution in [1.82, 2.24) is 0 Å². The molecule has 2 unspecified atom stereocenters. The van der Waals surface area contributed by atoms with Crippen molar-refractivity contribution in [2.45, 2.75) is 66.5 Å². The first kappa shape index (κ1) is 27.3. The molecule has 8 N–H and O–H groups in total. The third-order valence-corrected chi connectivity index (χ3v) is 7.94. The number of rotatable bonds is 1. The summed E-state index contributed by atoms with van der Waals surface area (Å²) >= 11 is 0. The van der Waals surface area contributed by atoms with Gasteiger partial charge in [0.25, 0.3) is 0 Å². The van der Waals surface area contributed by atoms with E-state index in [1.807, 2.05) is 26.0 Å². The SMILES string of the molecule is CC1=CC(=C2C=CC(C)(N)C(C)=C2)C=CC1(C)N.Cc1c(N)ccc(-c2ccc(N)c(C)c2C)c1C. The van der Waals surface area contributed by atoms with Crippen LogP contribution in [0.25, 0.3) is 11.1 Å². The summed E-state index contributed by atoms with van der Waals surface area (Å²) in [4.78, 5) is 0. The van der Waals surface area contributed by atoms with Gasteiger partial charge in [0.05, 0.1) is 11.1 Å². The van der Waals surface area contributed by atoms with E-state index in [4.69, 9.17) is 22.9 Å². The summed E-state index contributed by atoms with van der Waals surface area (Å²) in [5.41, 5.74) is 37.2. The Hall–Kier alpha value is -3.34. The second-order valence-corrected chi connectivity index (χ2v) is 10.7. The molecule has 0 amide bonds. The molecular formula is C32H42N4. The Bertz CT molecular complexity index is 1240. The lowest BCUT2D eigenvalue weighted by atomic mass is 9.82. The van der Waals surface area contributed by atoms with Crippen molar-refractivity contribution >= 4 is 11.4 Å². The molecule has 0 spiro atoms. The first-order valence-electron chi connectivity index (χ1n) is 12.5. The van der Waals surface area contributed by atoms with Gasteiger partial charge in [0.15, 0.2) is 0 Å². The second kappa shape index (κ2) is 9.96. The Morgan fingerprint density at radius 1 is 0.528 bits per heavy atom. The highest BCUT2D eigenvalue weighted by Gasteiger charge is 2.23. The van der Waals surface area contributed by atoms with Gasteiger partial charge >= 0.3 is 0 Å². The number of nitrogen functional groups attached to an aromatic ring is 2. The summed E-state index contributed by atoms with van der Waals surface area (Å²) in [6.45, 7) is 16.5. The zero-order valence-electron chi connectivity index (χ0n) is 23.1. The lowest BCUT2D eigenvalue weighted by Gasteiger charge is -2.28. The highest BCUT2D eigenvalue weighted by atomic mass is 14.7. The smallest absolute Gasteiger partial charge is 0.0529 e. The molecule has 190 valence electrons. The first-order valence-corrected chi connectivity index (χ1v) is 12.5. The fourth-order valence-corrected chi connectivity index (χ4v) is 4.29. The molecule has 36 heavy (non-hydrogen) atoms. The number of allylic oxidation sites excluding steroid dienone is 6. The number of hydrogen-bond acceptors (Lipinski definition) is 4. The monoisotopic (exact) mass is 482 g/mol. The van der Waals surface area contributed by atoms with Crippen LogP contribution in [0.15, 0.2) is 83.0 Å². The van der Waals surface area contributed by atoms with E-state index in [0.717, 1.165) is 22.5 Å². The molecule has 4 nitrogen and oxygen atoms in total. The number of benzene rings is 2. The Labute approximate surface area is 217 Å². The second-order valence-electron chi connectivity index (χ2n) is 10.7. The molecule has 0 heterocycles. The molecule has 2 aliphatic carbocycles. The van der Waals surface area contributed by atoms with Crippen LogP contribution in [0.3, 0.4) is 0 Å². The van der Waals surface area contributed by atoms with Crippen LogP contribution in [0.1, 0.15) is 49.9 Å². The van der Waals surface area contributed by atoms with Crippen LogP contribution in [0, 0.1) is 27.7 Å². The Morgan fingerprint density at radius 3 is 1.17 bits per heavy atom. The van der Waals surface area contributed by atoms with Gasteiger partial charge in [-0.15, -0.1) is 0 Å². The van der Waals surface area contributed by atoms with Gasteiger partial charge in [0.1, 0.15) is 0 Å². The summed E-state index contributed by atoms with van der Waals surface area (Å²) in [6, 6.07) is 8.14. The third-order valence-electron chi connectivity index (χ3n) is 7.94. The van der Waals surface area contributed by atoms with Gasteiger partial charge in [-0.25, -0.2) is 0 Å². The van der Waals surface area contributed by atoms with Crippen LogP contribution >= 0.6 is 0 Å². The van der Waals surface area contributed by atoms with Gasteiger partial charge < -0.3 is 22.9 Å². The number of nitrogens with two attached hydrogens (primary N) is 4. The maximum atomic E-state index is 6.15. The minimum Gasteiger partial charge on any atom is -0.399 e. The summed E-state index contributed by atoms with van der Waals surface area (Å²) < 4.78 is 0. The van der Waals surface area contributed by atoms with E-state index in [0.29, 0.717) is 0 Å². The topological polar surface area (TPSA) is 104 Å². The van der Waals surface area contributed by atoms with Crippen molar-refractivity contribution in [2.75, 3.05) is 11.5 Å². The zero-order valence-corrected chi connectivity index (χ0v) is 23.1. The molecule has 2 aromatic rings. The van der Waals surface area contributed by atoms with Crippen molar-refractivity contribution < 1.29 is 0 Å². The van der Waals surface area contributed by atoms with Gasteiger partial charge in [-0.2, -0.15) is 0 Å². The molecule has 2 atom stereocenters. The highest BCUT2D eigenvalue weighted by molar-refractivity contribution is 5.77. The normalized spacial score (nSPS) is 25.2. The zero-order chi connectivity index (χ0) is 27.0. The maximum Gasteiger partial charge on any atom is 0.0529 e. The maximum absolute atomic E-state index is 6.15. The van der Waals surface area contributed by atoms with Crippen LogP contribution in [0.4, 0.5) is 11.4 Å². The summed E-state index contributed by atoms with van der Waals surface area (Å²) in [5, 5.41) is 0. The predicted molar refractivity (Wildman–Crippen MR) is 158 cm³/mol. The quantitative estimate of drug-likeness (QED) is 0.348. The molecule has 0 fully saturated rings. The molecule has 0 saturated carbocycles. The molecule has 0 aliphatic heterocycles. The lowest BCUT2D eigenvalue weighted by molar-refractivity contribution is 0.675. The van der Waals surface area contributed by atoms with E-state index < -0.39 is 0 Å². The molecule has 0 saturated heterocycles. The van der Waals surface area contributed by atoms with Gasteiger partial charge in [-0.3, -0.25) is 0 Å². The van der Waals surface area contributed by atoms with Crippen molar-refractivity contribution in [1.29, 1.82) is 0 Å².